The molecule has 0 aliphatic rings. The Morgan fingerprint density at radius 2 is 1.29 bits per heavy atom. The minimum atomic E-state index is -2.03. The topological polar surface area (TPSA) is 148 Å². The van der Waals surface area contributed by atoms with E-state index in [9.17, 15) is 29.4 Å². The molecule has 0 saturated heterocycles. The lowest BCUT2D eigenvalue weighted by Crippen LogP contribution is -2.49. The van der Waals surface area contributed by atoms with Crippen LogP contribution in [0.1, 0.15) is 87.1 Å². The minimum absolute atomic E-state index is 0.0545. The monoisotopic (exact) mass is 537 g/mol. The van der Waals surface area contributed by atoms with Crippen LogP contribution in [0.5, 0.6) is 5.75 Å². The van der Waals surface area contributed by atoms with E-state index in [1.165, 1.54) is 12.1 Å². The van der Waals surface area contributed by atoms with Crippen molar-refractivity contribution in [3.8, 4) is 5.75 Å². The van der Waals surface area contributed by atoms with Crippen molar-refractivity contribution in [1.29, 1.82) is 0 Å². The maximum Gasteiger partial charge on any atom is 0.408 e. The first-order chi connectivity index (χ1) is 17.1. The van der Waals surface area contributed by atoms with Gasteiger partial charge in [0.25, 0.3) is 0 Å². The molecule has 214 valence electrons. The van der Waals surface area contributed by atoms with Gasteiger partial charge in [-0.2, -0.15) is 0 Å². The van der Waals surface area contributed by atoms with Gasteiger partial charge in [-0.25, -0.2) is 9.59 Å². The fraction of sp³-hybridized carbons (Fsp3) is 0.643. The van der Waals surface area contributed by atoms with Gasteiger partial charge in [-0.05, 0) is 106 Å². The molecule has 0 aromatic heterocycles. The fourth-order valence-corrected chi connectivity index (χ4v) is 3.49. The summed E-state index contributed by atoms with van der Waals surface area (Å²) in [5.41, 5.74) is -4.00. The molecule has 0 aliphatic carbocycles. The Kier molecular flexibility index (Phi) is 10.8. The number of alkyl carbamates (subject to hydrolysis) is 1. The van der Waals surface area contributed by atoms with Crippen LogP contribution < -0.4 is 5.32 Å². The molecule has 1 unspecified atom stereocenters. The Hall–Kier alpha value is -3.30. The van der Waals surface area contributed by atoms with Crippen LogP contribution in [0.25, 0.3) is 0 Å². The highest BCUT2D eigenvalue weighted by atomic mass is 16.6. The number of aromatic hydroxyl groups is 1. The lowest BCUT2D eigenvalue weighted by Gasteiger charge is -2.33. The van der Waals surface area contributed by atoms with E-state index in [1.54, 1.807) is 74.4 Å². The molecule has 0 heterocycles. The number of hydrogen-bond donors (Lipinski definition) is 3. The summed E-state index contributed by atoms with van der Waals surface area (Å²) < 4.78 is 16.2. The number of phenolic OH excluding ortho intramolecular Hbond substituents is 1. The first-order valence-corrected chi connectivity index (χ1v) is 12.6. The summed E-state index contributed by atoms with van der Waals surface area (Å²) >= 11 is 0. The summed E-state index contributed by atoms with van der Waals surface area (Å²) in [5.74, 6) is -3.09. The summed E-state index contributed by atoms with van der Waals surface area (Å²) in [6.45, 7) is 14.9. The van der Waals surface area contributed by atoms with Crippen LogP contribution in [-0.4, -0.2) is 57.1 Å². The molecular formula is C28H43NO9. The number of aliphatic carboxylic acids is 1. The standard InChI is InChI=1S/C28H43NO9/c1-25(2,3)36-21(31)20(29-24(35)38-27(7,8)9)15-17-28(22(32)33,23(34)37-26(4,5)6)16-14-18-10-12-19(30)13-11-18/h10-13,20,30H,14-17H2,1-9H3,(H,29,35)(H,32,33)/t20-,28?/m0/s1. The van der Waals surface area contributed by atoms with Crippen LogP contribution in [-0.2, 0) is 35.0 Å². The van der Waals surface area contributed by atoms with E-state index in [2.05, 4.69) is 5.32 Å². The molecular weight excluding hydrogens is 494 g/mol. The van der Waals surface area contributed by atoms with Crippen molar-refractivity contribution in [2.24, 2.45) is 5.41 Å². The van der Waals surface area contributed by atoms with E-state index in [0.29, 0.717) is 5.56 Å². The number of carbonyl (C=O) groups is 4. The van der Waals surface area contributed by atoms with Crippen molar-refractivity contribution >= 4 is 24.0 Å². The Labute approximate surface area is 225 Å². The molecule has 1 amide bonds. The SMILES string of the molecule is CC(C)(C)OC(=O)N[C@@H](CCC(CCc1ccc(O)cc1)(C(=O)O)C(=O)OC(C)(C)C)C(=O)OC(C)(C)C. The number of hydrogen-bond acceptors (Lipinski definition) is 8. The largest absolute Gasteiger partial charge is 0.508 e. The molecule has 0 aliphatic heterocycles. The number of nitrogens with one attached hydrogen (secondary N) is 1. The Morgan fingerprint density at radius 1 is 0.789 bits per heavy atom. The third-order valence-electron chi connectivity index (χ3n) is 5.22. The molecule has 2 atom stereocenters. The minimum Gasteiger partial charge on any atom is -0.508 e. The third kappa shape index (κ3) is 11.4. The number of phenols is 1. The van der Waals surface area contributed by atoms with E-state index >= 15 is 0 Å². The number of carboxylic acid groups (broad SMARTS) is 1. The molecule has 0 fully saturated rings. The van der Waals surface area contributed by atoms with Gasteiger partial charge in [0.2, 0.25) is 0 Å². The van der Waals surface area contributed by atoms with Gasteiger partial charge in [0, 0.05) is 0 Å². The summed E-state index contributed by atoms with van der Waals surface area (Å²) in [5, 5.41) is 22.3. The Morgan fingerprint density at radius 3 is 1.74 bits per heavy atom. The second-order valence-electron chi connectivity index (χ2n) is 12.3. The van der Waals surface area contributed by atoms with Gasteiger partial charge in [0.1, 0.15) is 28.6 Å². The Balaban J connectivity index is 3.34. The molecule has 10 heteroatoms. The number of esters is 2. The molecule has 0 spiro atoms. The Bertz CT molecular complexity index is 982. The zero-order chi connectivity index (χ0) is 29.5. The molecule has 10 nitrogen and oxygen atoms in total. The summed E-state index contributed by atoms with van der Waals surface area (Å²) in [6.07, 6.45) is -1.39. The van der Waals surface area contributed by atoms with Crippen LogP contribution in [0, 0.1) is 5.41 Å². The summed E-state index contributed by atoms with van der Waals surface area (Å²) in [6, 6.07) is 4.91. The highest BCUT2D eigenvalue weighted by Crippen LogP contribution is 2.35. The van der Waals surface area contributed by atoms with E-state index in [0.717, 1.165) is 0 Å². The van der Waals surface area contributed by atoms with E-state index in [1.807, 2.05) is 0 Å². The normalized spacial score (nSPS) is 14.6. The molecule has 3 N–H and O–H groups in total. The molecule has 0 bridgehead atoms. The molecule has 0 saturated carbocycles. The van der Waals surface area contributed by atoms with Crippen LogP contribution >= 0.6 is 0 Å². The first kappa shape index (κ1) is 32.7. The number of carbonyl (C=O) groups excluding carboxylic acids is 3. The predicted molar refractivity (Wildman–Crippen MR) is 141 cm³/mol. The predicted octanol–water partition coefficient (Wildman–Crippen LogP) is 4.75. The van der Waals surface area contributed by atoms with E-state index in [-0.39, 0.29) is 31.4 Å². The summed E-state index contributed by atoms with van der Waals surface area (Å²) in [4.78, 5) is 51.5. The molecule has 0 radical (unpaired) electrons. The highest BCUT2D eigenvalue weighted by molar-refractivity contribution is 5.99. The van der Waals surface area contributed by atoms with Crippen LogP contribution in [0.2, 0.25) is 0 Å². The van der Waals surface area contributed by atoms with Gasteiger partial charge in [-0.1, -0.05) is 12.1 Å². The van der Waals surface area contributed by atoms with E-state index in [4.69, 9.17) is 14.2 Å². The average Bonchev–Trinajstić information content (AvgIpc) is 2.70. The zero-order valence-electron chi connectivity index (χ0n) is 24.0. The number of benzene rings is 1. The van der Waals surface area contributed by atoms with Gasteiger partial charge in [-0.15, -0.1) is 0 Å². The van der Waals surface area contributed by atoms with Gasteiger partial charge in [0.05, 0.1) is 0 Å². The van der Waals surface area contributed by atoms with Gasteiger partial charge < -0.3 is 29.7 Å². The van der Waals surface area contributed by atoms with Crippen molar-refractivity contribution in [3.05, 3.63) is 29.8 Å². The lowest BCUT2D eigenvalue weighted by molar-refractivity contribution is -0.179. The van der Waals surface area contributed by atoms with Crippen molar-refractivity contribution in [2.45, 2.75) is 111 Å². The third-order valence-corrected chi connectivity index (χ3v) is 5.22. The zero-order valence-corrected chi connectivity index (χ0v) is 24.0. The summed E-state index contributed by atoms with van der Waals surface area (Å²) in [7, 11) is 0. The smallest absolute Gasteiger partial charge is 0.408 e. The number of carboxylic acids is 1. The molecule has 1 rings (SSSR count). The lowest BCUT2D eigenvalue weighted by atomic mass is 9.77. The number of amides is 1. The van der Waals surface area contributed by atoms with Crippen molar-refractivity contribution < 1.29 is 43.6 Å². The van der Waals surface area contributed by atoms with Crippen LogP contribution in [0.3, 0.4) is 0 Å². The van der Waals surface area contributed by atoms with Crippen molar-refractivity contribution in [3.63, 3.8) is 0 Å². The number of ether oxygens (including phenoxy) is 3. The second-order valence-corrected chi connectivity index (χ2v) is 12.3. The average molecular weight is 538 g/mol. The van der Waals surface area contributed by atoms with Gasteiger partial charge >= 0.3 is 24.0 Å². The maximum atomic E-state index is 13.3. The second kappa shape index (κ2) is 12.5. The number of rotatable bonds is 10. The fourth-order valence-electron chi connectivity index (χ4n) is 3.49. The number of aryl methyl sites for hydroxylation is 1. The highest BCUT2D eigenvalue weighted by Gasteiger charge is 2.49. The van der Waals surface area contributed by atoms with Gasteiger partial charge in [-0.3, -0.25) is 9.59 Å². The van der Waals surface area contributed by atoms with E-state index < -0.39 is 52.3 Å². The van der Waals surface area contributed by atoms with Crippen LogP contribution in [0.4, 0.5) is 4.79 Å². The molecule has 1 aromatic carbocycles. The van der Waals surface area contributed by atoms with Crippen molar-refractivity contribution in [2.75, 3.05) is 0 Å². The maximum absolute atomic E-state index is 13.3. The quantitative estimate of drug-likeness (QED) is 0.218. The first-order valence-electron chi connectivity index (χ1n) is 12.6. The van der Waals surface area contributed by atoms with Crippen molar-refractivity contribution in [1.82, 2.24) is 5.32 Å². The molecule has 1 aromatic rings. The van der Waals surface area contributed by atoms with Gasteiger partial charge in [0.15, 0.2) is 5.41 Å². The van der Waals surface area contributed by atoms with Crippen LogP contribution in [0.15, 0.2) is 24.3 Å². The molecule has 38 heavy (non-hydrogen) atoms.